The van der Waals surface area contributed by atoms with Crippen LogP contribution >= 0.6 is 0 Å². The van der Waals surface area contributed by atoms with Gasteiger partial charge in [-0.3, -0.25) is 0 Å². The summed E-state index contributed by atoms with van der Waals surface area (Å²) in [4.78, 5) is 3.92. The molecule has 0 aliphatic carbocycles. The van der Waals surface area contributed by atoms with Gasteiger partial charge in [0.25, 0.3) is 0 Å². The van der Waals surface area contributed by atoms with Gasteiger partial charge in [-0.2, -0.15) is 4.39 Å². The third kappa shape index (κ3) is 2.72. The van der Waals surface area contributed by atoms with Gasteiger partial charge in [0.05, 0.1) is 0 Å². The molecule has 0 fully saturated rings. The van der Waals surface area contributed by atoms with Gasteiger partial charge in [0.2, 0.25) is 5.95 Å². The van der Waals surface area contributed by atoms with E-state index in [0.29, 0.717) is 16.8 Å². The van der Waals surface area contributed by atoms with Crippen molar-refractivity contribution in [1.82, 2.24) is 4.98 Å². The van der Waals surface area contributed by atoms with E-state index in [0.717, 1.165) is 5.56 Å². The summed E-state index contributed by atoms with van der Waals surface area (Å²) in [7, 11) is 0. The van der Waals surface area contributed by atoms with Crippen LogP contribution in [0.25, 0.3) is 22.3 Å². The molecular formula is C18H12F3N. The Bertz CT molecular complexity index is 742. The fraction of sp³-hybridized carbons (Fsp3) is 0.0556. The summed E-state index contributed by atoms with van der Waals surface area (Å²) < 4.78 is 40.2. The molecule has 0 amide bonds. The molecule has 22 heavy (non-hydrogen) atoms. The molecule has 3 rings (SSSR count). The van der Waals surface area contributed by atoms with Gasteiger partial charge in [0, 0.05) is 16.8 Å². The van der Waals surface area contributed by atoms with Crippen LogP contribution < -0.4 is 0 Å². The lowest BCUT2D eigenvalue weighted by Crippen LogP contribution is -1.96. The minimum absolute atomic E-state index is 0.282. The van der Waals surface area contributed by atoms with Crippen molar-refractivity contribution in [1.29, 1.82) is 0 Å². The maximum Gasteiger partial charge on any atom is 0.221 e. The average molecular weight is 299 g/mol. The molecule has 3 aromatic rings. The molecule has 0 unspecified atom stereocenters. The zero-order valence-electron chi connectivity index (χ0n) is 11.8. The number of pyridine rings is 1. The first-order chi connectivity index (χ1) is 10.5. The molecule has 0 saturated carbocycles. The van der Waals surface area contributed by atoms with Crippen molar-refractivity contribution in [2.45, 2.75) is 6.92 Å². The molecule has 1 aromatic heterocycles. The van der Waals surface area contributed by atoms with Crippen LogP contribution in [-0.2, 0) is 0 Å². The van der Waals surface area contributed by atoms with Crippen LogP contribution in [0.15, 0.2) is 54.6 Å². The van der Waals surface area contributed by atoms with Crippen LogP contribution in [0.1, 0.15) is 5.69 Å². The van der Waals surface area contributed by atoms with E-state index in [1.54, 1.807) is 25.1 Å². The average Bonchev–Trinajstić information content (AvgIpc) is 2.50. The number of halogens is 3. The van der Waals surface area contributed by atoms with E-state index < -0.39 is 5.95 Å². The Labute approximate surface area is 126 Å². The standard InChI is InChI=1S/C18H12F3N/c1-11-16(12-2-6-14(19)7-3-12)10-17(18(21)22-11)13-4-8-15(20)9-5-13/h2-10H,1H3. The van der Waals surface area contributed by atoms with Crippen LogP contribution in [0.5, 0.6) is 0 Å². The topological polar surface area (TPSA) is 12.9 Å². The molecule has 4 heteroatoms. The summed E-state index contributed by atoms with van der Waals surface area (Å²) >= 11 is 0. The first-order valence-electron chi connectivity index (χ1n) is 6.73. The number of aryl methyl sites for hydroxylation is 1. The zero-order chi connectivity index (χ0) is 15.7. The van der Waals surface area contributed by atoms with Gasteiger partial charge in [0.15, 0.2) is 0 Å². The minimum Gasteiger partial charge on any atom is -0.224 e. The van der Waals surface area contributed by atoms with E-state index in [-0.39, 0.29) is 17.2 Å². The van der Waals surface area contributed by atoms with Crippen molar-refractivity contribution in [3.05, 3.63) is 77.9 Å². The van der Waals surface area contributed by atoms with Crippen molar-refractivity contribution in [3.63, 3.8) is 0 Å². The Kier molecular flexibility index (Phi) is 3.67. The van der Waals surface area contributed by atoms with E-state index in [1.807, 2.05) is 0 Å². The summed E-state index contributed by atoms with van der Waals surface area (Å²) in [5.74, 6) is -1.34. The molecule has 1 nitrogen and oxygen atoms in total. The molecule has 0 saturated heterocycles. The lowest BCUT2D eigenvalue weighted by molar-refractivity contribution is 0.584. The second kappa shape index (κ2) is 5.64. The van der Waals surface area contributed by atoms with Crippen molar-refractivity contribution in [2.24, 2.45) is 0 Å². The highest BCUT2D eigenvalue weighted by molar-refractivity contribution is 5.74. The summed E-state index contributed by atoms with van der Waals surface area (Å²) in [6, 6.07) is 13.1. The molecule has 0 spiro atoms. The van der Waals surface area contributed by atoms with E-state index in [2.05, 4.69) is 4.98 Å². The third-order valence-corrected chi connectivity index (χ3v) is 3.48. The third-order valence-electron chi connectivity index (χ3n) is 3.48. The Morgan fingerprint density at radius 3 is 1.64 bits per heavy atom. The van der Waals surface area contributed by atoms with Crippen LogP contribution in [0.2, 0.25) is 0 Å². The van der Waals surface area contributed by atoms with Gasteiger partial charge in [-0.05, 0) is 48.4 Å². The zero-order valence-corrected chi connectivity index (χ0v) is 11.8. The highest BCUT2D eigenvalue weighted by Crippen LogP contribution is 2.30. The SMILES string of the molecule is Cc1nc(F)c(-c2ccc(F)cc2)cc1-c1ccc(F)cc1. The lowest BCUT2D eigenvalue weighted by atomic mass is 9.99. The van der Waals surface area contributed by atoms with Gasteiger partial charge in [-0.1, -0.05) is 24.3 Å². The summed E-state index contributed by atoms with van der Waals surface area (Å²) in [6.45, 7) is 1.69. The number of hydrogen-bond donors (Lipinski definition) is 0. The quantitative estimate of drug-likeness (QED) is 0.597. The smallest absolute Gasteiger partial charge is 0.221 e. The fourth-order valence-electron chi connectivity index (χ4n) is 2.33. The van der Waals surface area contributed by atoms with Crippen molar-refractivity contribution < 1.29 is 13.2 Å². The highest BCUT2D eigenvalue weighted by Gasteiger charge is 2.12. The predicted octanol–water partition coefficient (Wildman–Crippen LogP) is 5.14. The number of nitrogens with zero attached hydrogens (tertiary/aromatic N) is 1. The van der Waals surface area contributed by atoms with E-state index in [1.165, 1.54) is 36.4 Å². The molecule has 0 N–H and O–H groups in total. The van der Waals surface area contributed by atoms with E-state index in [9.17, 15) is 13.2 Å². The molecule has 0 atom stereocenters. The maximum atomic E-state index is 14.1. The second-order valence-electron chi connectivity index (χ2n) is 4.97. The summed E-state index contributed by atoms with van der Waals surface area (Å²) in [5.41, 5.74) is 2.78. The fourth-order valence-corrected chi connectivity index (χ4v) is 2.33. The Balaban J connectivity index is 2.14. The van der Waals surface area contributed by atoms with Crippen molar-refractivity contribution >= 4 is 0 Å². The minimum atomic E-state index is -0.616. The predicted molar refractivity (Wildman–Crippen MR) is 79.7 cm³/mol. The maximum absolute atomic E-state index is 14.1. The molecule has 2 aromatic carbocycles. The van der Waals surface area contributed by atoms with Crippen LogP contribution in [-0.4, -0.2) is 4.98 Å². The molecule has 110 valence electrons. The first kappa shape index (κ1) is 14.3. The molecule has 0 radical (unpaired) electrons. The van der Waals surface area contributed by atoms with E-state index in [4.69, 9.17) is 0 Å². The number of hydrogen-bond acceptors (Lipinski definition) is 1. The Morgan fingerprint density at radius 1 is 0.682 bits per heavy atom. The van der Waals surface area contributed by atoms with Crippen molar-refractivity contribution in [2.75, 3.05) is 0 Å². The monoisotopic (exact) mass is 299 g/mol. The van der Waals surface area contributed by atoms with E-state index >= 15 is 0 Å². The number of rotatable bonds is 2. The van der Waals surface area contributed by atoms with Gasteiger partial charge in [-0.25, -0.2) is 13.8 Å². The lowest BCUT2D eigenvalue weighted by Gasteiger charge is -2.10. The largest absolute Gasteiger partial charge is 0.224 e. The van der Waals surface area contributed by atoms with Crippen LogP contribution in [0.4, 0.5) is 13.2 Å². The van der Waals surface area contributed by atoms with Gasteiger partial charge in [-0.15, -0.1) is 0 Å². The molecule has 0 aliphatic rings. The Morgan fingerprint density at radius 2 is 1.14 bits per heavy atom. The number of aromatic nitrogens is 1. The molecule has 0 bridgehead atoms. The Hall–Kier alpha value is -2.62. The normalized spacial score (nSPS) is 10.7. The van der Waals surface area contributed by atoms with Crippen LogP contribution in [0, 0.1) is 24.5 Å². The second-order valence-corrected chi connectivity index (χ2v) is 4.97. The van der Waals surface area contributed by atoms with Crippen LogP contribution in [0.3, 0.4) is 0 Å². The molecule has 0 aliphatic heterocycles. The van der Waals surface area contributed by atoms with Gasteiger partial charge in [0.1, 0.15) is 11.6 Å². The summed E-state index contributed by atoms with van der Waals surface area (Å²) in [5, 5.41) is 0. The number of benzene rings is 2. The molecular weight excluding hydrogens is 287 g/mol. The van der Waals surface area contributed by atoms with Gasteiger partial charge < -0.3 is 0 Å². The highest BCUT2D eigenvalue weighted by atomic mass is 19.1. The molecule has 1 heterocycles. The first-order valence-corrected chi connectivity index (χ1v) is 6.73. The van der Waals surface area contributed by atoms with Gasteiger partial charge >= 0.3 is 0 Å². The van der Waals surface area contributed by atoms with Crippen molar-refractivity contribution in [3.8, 4) is 22.3 Å². The summed E-state index contributed by atoms with van der Waals surface area (Å²) in [6.07, 6.45) is 0.